The van der Waals surface area contributed by atoms with Gasteiger partial charge >= 0.3 is 0 Å². The summed E-state index contributed by atoms with van der Waals surface area (Å²) in [4.78, 5) is 2.35. The van der Waals surface area contributed by atoms with Crippen LogP contribution in [0.5, 0.6) is 5.75 Å². The summed E-state index contributed by atoms with van der Waals surface area (Å²) in [7, 11) is 1.60. The first-order valence-corrected chi connectivity index (χ1v) is 9.60. The molecule has 2 heterocycles. The molecule has 4 rings (SSSR count). The summed E-state index contributed by atoms with van der Waals surface area (Å²) in [6.45, 7) is 5.01. The Labute approximate surface area is 149 Å². The summed E-state index contributed by atoms with van der Waals surface area (Å²) >= 11 is 0. The van der Waals surface area contributed by atoms with Crippen LogP contribution in [0.4, 0.5) is 10.1 Å². The van der Waals surface area contributed by atoms with Gasteiger partial charge in [0.15, 0.2) is 0 Å². The molecule has 1 aromatic carbocycles. The van der Waals surface area contributed by atoms with Crippen molar-refractivity contribution in [3.05, 3.63) is 22.8 Å². The zero-order valence-electron chi connectivity index (χ0n) is 15.3. The molecular formula is C20H29FN2O2. The van der Waals surface area contributed by atoms with E-state index in [1.54, 1.807) is 7.11 Å². The Morgan fingerprint density at radius 3 is 2.88 bits per heavy atom. The van der Waals surface area contributed by atoms with Gasteiger partial charge in [0.1, 0.15) is 25.1 Å². The molecule has 2 aliphatic heterocycles. The van der Waals surface area contributed by atoms with Gasteiger partial charge in [0.05, 0.1) is 11.7 Å². The van der Waals surface area contributed by atoms with E-state index >= 15 is 0 Å². The molecule has 0 saturated heterocycles. The number of halogens is 1. The highest BCUT2D eigenvalue weighted by atomic mass is 19.1. The van der Waals surface area contributed by atoms with Crippen LogP contribution in [0.25, 0.3) is 0 Å². The van der Waals surface area contributed by atoms with Crippen molar-refractivity contribution >= 4 is 5.69 Å². The Bertz CT molecular complexity index is 629. The first-order valence-electron chi connectivity index (χ1n) is 9.60. The maximum absolute atomic E-state index is 13.3. The largest absolute Gasteiger partial charge is 0.489 e. The lowest BCUT2D eigenvalue weighted by Gasteiger charge is -2.40. The van der Waals surface area contributed by atoms with Crippen molar-refractivity contribution in [3.63, 3.8) is 0 Å². The van der Waals surface area contributed by atoms with Crippen molar-refractivity contribution < 1.29 is 13.9 Å². The van der Waals surface area contributed by atoms with Crippen LogP contribution in [0.1, 0.15) is 42.4 Å². The number of rotatable bonds is 5. The minimum absolute atomic E-state index is 0.233. The molecule has 0 radical (unpaired) electrons. The summed E-state index contributed by atoms with van der Waals surface area (Å²) in [5.74, 6) is 1.64. The molecule has 1 aromatic rings. The second-order valence-corrected chi connectivity index (χ2v) is 7.62. The van der Waals surface area contributed by atoms with Gasteiger partial charge in [-0.15, -0.1) is 0 Å². The monoisotopic (exact) mass is 348 g/mol. The van der Waals surface area contributed by atoms with E-state index < -0.39 is 6.67 Å². The molecule has 3 aliphatic rings. The molecule has 5 heteroatoms. The third-order valence-electron chi connectivity index (χ3n) is 5.82. The number of hydrogen-bond acceptors (Lipinski definition) is 4. The zero-order valence-corrected chi connectivity index (χ0v) is 15.3. The number of anilines is 1. The molecule has 1 fully saturated rings. The van der Waals surface area contributed by atoms with E-state index in [0.717, 1.165) is 31.7 Å². The Hall–Kier alpha value is -1.33. The van der Waals surface area contributed by atoms with E-state index in [4.69, 9.17) is 9.47 Å². The number of alkyl halides is 1. The van der Waals surface area contributed by atoms with Crippen LogP contribution < -0.4 is 15.0 Å². The fraction of sp³-hybridized carbons (Fsp3) is 0.700. The van der Waals surface area contributed by atoms with Crippen molar-refractivity contribution in [1.29, 1.82) is 0 Å². The van der Waals surface area contributed by atoms with Crippen LogP contribution >= 0.6 is 0 Å². The summed E-state index contributed by atoms with van der Waals surface area (Å²) < 4.78 is 24.8. The third-order valence-corrected chi connectivity index (χ3v) is 5.82. The average Bonchev–Trinajstić information content (AvgIpc) is 3.46. The predicted molar refractivity (Wildman–Crippen MR) is 97.8 cm³/mol. The van der Waals surface area contributed by atoms with Crippen molar-refractivity contribution in [2.45, 2.75) is 50.7 Å². The molecule has 25 heavy (non-hydrogen) atoms. The highest BCUT2D eigenvalue weighted by Gasteiger charge is 2.37. The molecule has 0 unspecified atom stereocenters. The molecule has 4 nitrogen and oxygen atoms in total. The quantitative estimate of drug-likeness (QED) is 0.887. The fourth-order valence-electron chi connectivity index (χ4n) is 4.26. The second kappa shape index (κ2) is 7.12. The molecule has 0 aromatic heterocycles. The van der Waals surface area contributed by atoms with Crippen molar-refractivity contribution in [3.8, 4) is 5.75 Å². The number of hydrogen-bond donors (Lipinski definition) is 1. The van der Waals surface area contributed by atoms with Crippen molar-refractivity contribution in [2.75, 3.05) is 44.9 Å². The van der Waals surface area contributed by atoms with Crippen LogP contribution in [0.2, 0.25) is 0 Å². The lowest BCUT2D eigenvalue weighted by Crippen LogP contribution is -2.46. The molecule has 1 N–H and O–H groups in total. The van der Waals surface area contributed by atoms with E-state index in [1.165, 1.54) is 35.2 Å². The van der Waals surface area contributed by atoms with Gasteiger partial charge in [0.25, 0.3) is 0 Å². The molecular weight excluding hydrogens is 319 g/mol. The average molecular weight is 348 g/mol. The van der Waals surface area contributed by atoms with Gasteiger partial charge in [-0.05, 0) is 74.4 Å². The summed E-state index contributed by atoms with van der Waals surface area (Å²) in [5, 5.41) is 3.52. The summed E-state index contributed by atoms with van der Waals surface area (Å²) in [6, 6.07) is 2.48. The van der Waals surface area contributed by atoms with E-state index in [-0.39, 0.29) is 12.1 Å². The van der Waals surface area contributed by atoms with E-state index in [9.17, 15) is 4.39 Å². The van der Waals surface area contributed by atoms with Gasteiger partial charge in [0.2, 0.25) is 0 Å². The number of nitrogens with one attached hydrogen (secondary N) is 1. The Balaban J connectivity index is 1.80. The fourth-order valence-corrected chi connectivity index (χ4v) is 4.26. The molecule has 2 atom stereocenters. The summed E-state index contributed by atoms with van der Waals surface area (Å²) in [6.07, 6.45) is 4.27. The topological polar surface area (TPSA) is 33.7 Å². The lowest BCUT2D eigenvalue weighted by molar-refractivity contribution is 0.0807. The highest BCUT2D eigenvalue weighted by molar-refractivity contribution is 5.72. The Morgan fingerprint density at radius 1 is 1.36 bits per heavy atom. The smallest absolute Gasteiger partial charge is 0.143 e. The van der Waals surface area contributed by atoms with Crippen LogP contribution in [0, 0.1) is 0 Å². The highest BCUT2D eigenvalue weighted by Crippen LogP contribution is 2.52. The van der Waals surface area contributed by atoms with Gasteiger partial charge in [-0.3, -0.25) is 0 Å². The van der Waals surface area contributed by atoms with Gasteiger partial charge in [0, 0.05) is 13.7 Å². The molecule has 0 spiro atoms. The van der Waals surface area contributed by atoms with Gasteiger partial charge in [-0.1, -0.05) is 0 Å². The molecule has 0 amide bonds. The Morgan fingerprint density at radius 2 is 2.16 bits per heavy atom. The Kier molecular flexibility index (Phi) is 4.87. The maximum Gasteiger partial charge on any atom is 0.143 e. The molecule has 1 aliphatic carbocycles. The molecule has 1 saturated carbocycles. The predicted octanol–water partition coefficient (Wildman–Crippen LogP) is 2.82. The van der Waals surface area contributed by atoms with Gasteiger partial charge in [-0.2, -0.15) is 0 Å². The number of benzene rings is 1. The summed E-state index contributed by atoms with van der Waals surface area (Å²) in [5.41, 5.74) is 5.66. The normalized spacial score (nSPS) is 24.1. The van der Waals surface area contributed by atoms with Crippen molar-refractivity contribution in [2.24, 2.45) is 0 Å². The molecule has 138 valence electrons. The number of nitrogens with zero attached hydrogens (tertiary/aromatic N) is 1. The van der Waals surface area contributed by atoms with Crippen molar-refractivity contribution in [1.82, 2.24) is 5.32 Å². The van der Waals surface area contributed by atoms with E-state index in [0.29, 0.717) is 19.1 Å². The maximum atomic E-state index is 13.3. The van der Waals surface area contributed by atoms with E-state index in [1.807, 2.05) is 0 Å². The minimum atomic E-state index is -0.455. The first-order chi connectivity index (χ1) is 12.2. The number of ether oxygens (including phenoxy) is 2. The van der Waals surface area contributed by atoms with Crippen LogP contribution in [-0.2, 0) is 17.6 Å². The number of methoxy groups -OCH3 is 1. The minimum Gasteiger partial charge on any atom is -0.489 e. The second-order valence-electron chi connectivity index (χ2n) is 7.62. The SMILES string of the molecule is CO[C@@H](CF)CN1c2c(cc3c(c2C2CC2)CCNCC3)OC[C@@H]1C. The first kappa shape index (κ1) is 17.1. The molecule has 0 bridgehead atoms. The number of fused-ring (bicyclic) bond motifs is 2. The van der Waals surface area contributed by atoms with Crippen LogP contribution in [0.15, 0.2) is 6.07 Å². The van der Waals surface area contributed by atoms with E-state index in [2.05, 4.69) is 23.2 Å². The zero-order chi connectivity index (χ0) is 17.4. The third kappa shape index (κ3) is 3.24. The lowest BCUT2D eigenvalue weighted by atomic mass is 9.90. The van der Waals surface area contributed by atoms with Crippen LogP contribution in [0.3, 0.4) is 0 Å². The standard InChI is InChI=1S/C20H29FN2O2/c1-13-12-25-18-9-15-5-7-22-8-6-17(15)19(14-3-4-14)20(18)23(13)11-16(10-21)24-2/h9,13-14,16,22H,3-8,10-12H2,1-2H3/t13-,16-/m0/s1. The van der Waals surface area contributed by atoms with Gasteiger partial charge < -0.3 is 19.7 Å². The van der Waals surface area contributed by atoms with Gasteiger partial charge in [-0.25, -0.2) is 4.39 Å². The van der Waals surface area contributed by atoms with Crippen LogP contribution in [-0.4, -0.2) is 52.2 Å².